The summed E-state index contributed by atoms with van der Waals surface area (Å²) in [5.74, 6) is 1.32. The van der Waals surface area contributed by atoms with Gasteiger partial charge in [-0.05, 0) is 42.4 Å². The molecule has 4 N–H and O–H groups in total. The number of methoxy groups -OCH3 is 1. The Morgan fingerprint density at radius 3 is 2.33 bits per heavy atom. The summed E-state index contributed by atoms with van der Waals surface area (Å²) in [7, 11) is 1.70. The highest BCUT2D eigenvalue weighted by molar-refractivity contribution is 5.36. The van der Waals surface area contributed by atoms with E-state index in [0.29, 0.717) is 12.3 Å². The van der Waals surface area contributed by atoms with Crippen LogP contribution in [0.25, 0.3) is 0 Å². The van der Waals surface area contributed by atoms with Gasteiger partial charge in [-0.1, -0.05) is 61.4 Å². The minimum Gasteiger partial charge on any atom is -0.496 e. The zero-order chi connectivity index (χ0) is 17.0. The fourth-order valence-electron chi connectivity index (χ4n) is 4.16. The Hall–Kier alpha value is -1.84. The molecule has 0 saturated heterocycles. The number of nitrogens with two attached hydrogens (primary N) is 2. The van der Waals surface area contributed by atoms with E-state index >= 15 is 0 Å². The monoisotopic (exact) mass is 324 g/mol. The average Bonchev–Trinajstić information content (AvgIpc) is 3.17. The summed E-state index contributed by atoms with van der Waals surface area (Å²) < 4.78 is 5.49. The van der Waals surface area contributed by atoms with Crippen LogP contribution in [0.5, 0.6) is 5.75 Å². The summed E-state index contributed by atoms with van der Waals surface area (Å²) in [6.45, 7) is 0. The van der Waals surface area contributed by atoms with E-state index in [1.165, 1.54) is 12.8 Å². The SMILES string of the molecule is COc1ccccc1CC(N)C(N)(c1ccccc1)C1CCCC1. The molecule has 2 unspecified atom stereocenters. The van der Waals surface area contributed by atoms with Gasteiger partial charge in [0.05, 0.1) is 12.6 Å². The highest BCUT2D eigenvalue weighted by atomic mass is 16.5. The first-order valence-corrected chi connectivity index (χ1v) is 8.88. The molecule has 3 rings (SSSR count). The van der Waals surface area contributed by atoms with Crippen LogP contribution in [0.3, 0.4) is 0 Å². The highest BCUT2D eigenvalue weighted by Gasteiger charge is 2.43. The van der Waals surface area contributed by atoms with Crippen molar-refractivity contribution in [2.75, 3.05) is 7.11 Å². The predicted octanol–water partition coefficient (Wildman–Crippen LogP) is 3.61. The maximum atomic E-state index is 7.04. The molecule has 2 aromatic carbocycles. The van der Waals surface area contributed by atoms with Gasteiger partial charge in [-0.2, -0.15) is 0 Å². The van der Waals surface area contributed by atoms with Crippen molar-refractivity contribution in [2.45, 2.75) is 43.7 Å². The maximum Gasteiger partial charge on any atom is 0.122 e. The first kappa shape index (κ1) is 17.0. The third kappa shape index (κ3) is 3.19. The molecule has 1 fully saturated rings. The molecule has 0 aromatic heterocycles. The minimum absolute atomic E-state index is 0.153. The Labute approximate surface area is 145 Å². The molecule has 24 heavy (non-hydrogen) atoms. The van der Waals surface area contributed by atoms with Crippen LogP contribution in [0.1, 0.15) is 36.8 Å². The summed E-state index contributed by atoms with van der Waals surface area (Å²) in [6.07, 6.45) is 5.53. The van der Waals surface area contributed by atoms with Crippen LogP contribution in [0.2, 0.25) is 0 Å². The third-order valence-corrected chi connectivity index (χ3v) is 5.55. The van der Waals surface area contributed by atoms with Gasteiger partial charge in [-0.15, -0.1) is 0 Å². The molecular formula is C21H28N2O. The standard InChI is InChI=1S/C21H28N2O/c1-24-19-14-8-5-9-16(19)15-20(22)21(23,18-12-6-7-13-18)17-10-3-2-4-11-17/h2-5,8-11,14,18,20H,6-7,12-13,15,22-23H2,1H3. The molecule has 0 radical (unpaired) electrons. The van der Waals surface area contributed by atoms with Crippen LogP contribution in [-0.2, 0) is 12.0 Å². The van der Waals surface area contributed by atoms with Gasteiger partial charge < -0.3 is 16.2 Å². The van der Waals surface area contributed by atoms with Gasteiger partial charge in [0.1, 0.15) is 5.75 Å². The van der Waals surface area contributed by atoms with Crippen molar-refractivity contribution in [1.82, 2.24) is 0 Å². The molecule has 3 heteroatoms. The molecule has 0 heterocycles. The number of hydrogen-bond donors (Lipinski definition) is 2. The zero-order valence-electron chi connectivity index (χ0n) is 14.4. The van der Waals surface area contributed by atoms with Gasteiger partial charge in [0.25, 0.3) is 0 Å². The number of benzene rings is 2. The summed E-state index contributed by atoms with van der Waals surface area (Å²) in [4.78, 5) is 0. The summed E-state index contributed by atoms with van der Waals surface area (Å²) in [5, 5.41) is 0. The van der Waals surface area contributed by atoms with Crippen molar-refractivity contribution >= 4 is 0 Å². The van der Waals surface area contributed by atoms with Crippen LogP contribution in [-0.4, -0.2) is 13.2 Å². The minimum atomic E-state index is -0.501. The fourth-order valence-corrected chi connectivity index (χ4v) is 4.16. The van der Waals surface area contributed by atoms with E-state index in [0.717, 1.165) is 29.7 Å². The van der Waals surface area contributed by atoms with Crippen LogP contribution in [0.15, 0.2) is 54.6 Å². The van der Waals surface area contributed by atoms with Crippen molar-refractivity contribution in [2.24, 2.45) is 17.4 Å². The predicted molar refractivity (Wildman–Crippen MR) is 98.9 cm³/mol. The normalized spacial score (nSPS) is 19.0. The second kappa shape index (κ2) is 7.37. The van der Waals surface area contributed by atoms with E-state index in [9.17, 15) is 0 Å². The Balaban J connectivity index is 1.93. The summed E-state index contributed by atoms with van der Waals surface area (Å²) in [5.41, 5.74) is 15.6. The van der Waals surface area contributed by atoms with E-state index in [4.69, 9.17) is 16.2 Å². The van der Waals surface area contributed by atoms with Crippen molar-refractivity contribution in [3.05, 3.63) is 65.7 Å². The van der Waals surface area contributed by atoms with Crippen molar-refractivity contribution in [3.63, 3.8) is 0 Å². The highest BCUT2D eigenvalue weighted by Crippen LogP contribution is 2.41. The van der Waals surface area contributed by atoms with E-state index in [2.05, 4.69) is 30.3 Å². The van der Waals surface area contributed by atoms with Crippen molar-refractivity contribution in [3.8, 4) is 5.75 Å². The molecule has 1 aliphatic rings. The van der Waals surface area contributed by atoms with Crippen LogP contribution in [0.4, 0.5) is 0 Å². The van der Waals surface area contributed by atoms with Crippen LogP contribution < -0.4 is 16.2 Å². The number of ether oxygens (including phenoxy) is 1. The van der Waals surface area contributed by atoms with E-state index in [1.54, 1.807) is 7.11 Å². The van der Waals surface area contributed by atoms with E-state index in [1.807, 2.05) is 24.3 Å². The Morgan fingerprint density at radius 1 is 1.04 bits per heavy atom. The molecule has 3 nitrogen and oxygen atoms in total. The first-order valence-electron chi connectivity index (χ1n) is 8.88. The summed E-state index contributed by atoms with van der Waals surface area (Å²) >= 11 is 0. The lowest BCUT2D eigenvalue weighted by molar-refractivity contribution is 0.225. The van der Waals surface area contributed by atoms with Gasteiger partial charge in [0.15, 0.2) is 0 Å². The lowest BCUT2D eigenvalue weighted by atomic mass is 9.71. The molecule has 2 atom stereocenters. The molecule has 2 aromatic rings. The van der Waals surface area contributed by atoms with Crippen LogP contribution in [0, 0.1) is 5.92 Å². The smallest absolute Gasteiger partial charge is 0.122 e. The third-order valence-electron chi connectivity index (χ3n) is 5.55. The lowest BCUT2D eigenvalue weighted by Gasteiger charge is -2.41. The molecule has 1 aliphatic carbocycles. The molecular weight excluding hydrogens is 296 g/mol. The quantitative estimate of drug-likeness (QED) is 0.853. The molecule has 0 spiro atoms. The van der Waals surface area contributed by atoms with Crippen molar-refractivity contribution in [1.29, 1.82) is 0 Å². The lowest BCUT2D eigenvalue weighted by Crippen LogP contribution is -2.57. The van der Waals surface area contributed by atoms with E-state index in [-0.39, 0.29) is 6.04 Å². The maximum absolute atomic E-state index is 7.04. The van der Waals surface area contributed by atoms with Gasteiger partial charge in [-0.3, -0.25) is 0 Å². The number of rotatable bonds is 6. The summed E-state index contributed by atoms with van der Waals surface area (Å²) in [6, 6.07) is 18.3. The number of hydrogen-bond acceptors (Lipinski definition) is 3. The Bertz CT molecular complexity index is 652. The Kier molecular flexibility index (Phi) is 5.22. The van der Waals surface area contributed by atoms with Gasteiger partial charge in [0.2, 0.25) is 0 Å². The molecule has 0 amide bonds. The second-order valence-corrected chi connectivity index (χ2v) is 6.90. The average molecular weight is 324 g/mol. The fraction of sp³-hybridized carbons (Fsp3) is 0.429. The Morgan fingerprint density at radius 2 is 1.67 bits per heavy atom. The second-order valence-electron chi connectivity index (χ2n) is 6.90. The van der Waals surface area contributed by atoms with E-state index < -0.39 is 5.54 Å². The largest absolute Gasteiger partial charge is 0.496 e. The first-order chi connectivity index (χ1) is 11.7. The topological polar surface area (TPSA) is 61.3 Å². The van der Waals surface area contributed by atoms with Crippen molar-refractivity contribution < 1.29 is 4.74 Å². The molecule has 128 valence electrons. The number of para-hydroxylation sites is 1. The zero-order valence-corrected chi connectivity index (χ0v) is 14.4. The molecule has 0 bridgehead atoms. The van der Waals surface area contributed by atoms with Gasteiger partial charge >= 0.3 is 0 Å². The van der Waals surface area contributed by atoms with Crippen LogP contribution >= 0.6 is 0 Å². The molecule has 0 aliphatic heterocycles. The van der Waals surface area contributed by atoms with Gasteiger partial charge in [-0.25, -0.2) is 0 Å². The molecule has 1 saturated carbocycles. The van der Waals surface area contributed by atoms with Gasteiger partial charge in [0, 0.05) is 6.04 Å².